The molecule has 0 spiro atoms. The first kappa shape index (κ1) is 14.9. The Morgan fingerprint density at radius 3 is 2.70 bits per heavy atom. The number of methoxy groups -OCH3 is 1. The number of hydrogen-bond acceptors (Lipinski definition) is 3. The quantitative estimate of drug-likeness (QED) is 0.918. The van der Waals surface area contributed by atoms with Gasteiger partial charge in [-0.25, -0.2) is 0 Å². The average molecular weight is 276 g/mol. The first-order chi connectivity index (χ1) is 9.60. The van der Waals surface area contributed by atoms with Gasteiger partial charge in [-0.05, 0) is 37.5 Å². The van der Waals surface area contributed by atoms with Gasteiger partial charge < -0.3 is 15.0 Å². The van der Waals surface area contributed by atoms with E-state index in [4.69, 9.17) is 4.74 Å². The third-order valence-corrected chi connectivity index (χ3v) is 4.02. The fraction of sp³-hybridized carbons (Fsp3) is 0.562. The van der Waals surface area contributed by atoms with E-state index in [9.17, 15) is 4.79 Å². The molecule has 1 heterocycles. The van der Waals surface area contributed by atoms with Crippen molar-refractivity contribution in [1.29, 1.82) is 0 Å². The number of nitrogens with zero attached hydrogens (tertiary/aromatic N) is 1. The minimum atomic E-state index is 0.185. The molecule has 0 aliphatic carbocycles. The number of likely N-dealkylation sites (tertiary alicyclic amines) is 1. The van der Waals surface area contributed by atoms with Gasteiger partial charge in [0.25, 0.3) is 0 Å². The Morgan fingerprint density at radius 2 is 2.10 bits per heavy atom. The molecule has 110 valence electrons. The Morgan fingerprint density at radius 1 is 1.40 bits per heavy atom. The van der Waals surface area contributed by atoms with Crippen molar-refractivity contribution in [2.24, 2.45) is 0 Å². The highest BCUT2D eigenvalue weighted by atomic mass is 16.5. The molecule has 1 aliphatic rings. The van der Waals surface area contributed by atoms with Crippen molar-refractivity contribution < 1.29 is 9.53 Å². The zero-order valence-corrected chi connectivity index (χ0v) is 12.6. The van der Waals surface area contributed by atoms with Crippen LogP contribution in [0.15, 0.2) is 24.3 Å². The van der Waals surface area contributed by atoms with Crippen LogP contribution in [0.5, 0.6) is 5.75 Å². The zero-order chi connectivity index (χ0) is 14.5. The van der Waals surface area contributed by atoms with Gasteiger partial charge in [0.15, 0.2) is 0 Å². The van der Waals surface area contributed by atoms with Gasteiger partial charge in [-0.2, -0.15) is 0 Å². The molecule has 0 radical (unpaired) electrons. The number of rotatable bonds is 4. The van der Waals surface area contributed by atoms with Crippen molar-refractivity contribution in [3.8, 4) is 5.75 Å². The van der Waals surface area contributed by atoms with E-state index in [2.05, 4.69) is 24.4 Å². The SMILES string of the molecule is COc1cccc([C@H](C)NC2CCN(C(C)=O)CC2)c1. The predicted octanol–water partition coefficient (Wildman–Crippen LogP) is 2.36. The van der Waals surface area contributed by atoms with Gasteiger partial charge in [0.1, 0.15) is 5.75 Å². The molecule has 2 rings (SSSR count). The Balaban J connectivity index is 1.88. The van der Waals surface area contributed by atoms with Gasteiger partial charge in [-0.1, -0.05) is 12.1 Å². The molecular weight excluding hydrogens is 252 g/mol. The molecule has 1 amide bonds. The van der Waals surface area contributed by atoms with Crippen molar-refractivity contribution in [3.63, 3.8) is 0 Å². The number of nitrogens with one attached hydrogen (secondary N) is 1. The van der Waals surface area contributed by atoms with Gasteiger partial charge in [0, 0.05) is 32.1 Å². The lowest BCUT2D eigenvalue weighted by molar-refractivity contribution is -0.129. The maximum atomic E-state index is 11.3. The van der Waals surface area contributed by atoms with Crippen LogP contribution in [0.2, 0.25) is 0 Å². The highest BCUT2D eigenvalue weighted by Gasteiger charge is 2.22. The highest BCUT2D eigenvalue weighted by molar-refractivity contribution is 5.73. The third kappa shape index (κ3) is 3.73. The first-order valence-corrected chi connectivity index (χ1v) is 7.25. The average Bonchev–Trinajstić information content (AvgIpc) is 2.47. The minimum absolute atomic E-state index is 0.185. The summed E-state index contributed by atoms with van der Waals surface area (Å²) in [6, 6.07) is 8.94. The second-order valence-electron chi connectivity index (χ2n) is 5.45. The number of hydrogen-bond donors (Lipinski definition) is 1. The molecule has 0 aromatic heterocycles. The molecular formula is C16H24N2O2. The summed E-state index contributed by atoms with van der Waals surface area (Å²) in [6.45, 7) is 5.54. The number of carbonyl (C=O) groups excluding carboxylic acids is 1. The van der Waals surface area contributed by atoms with E-state index < -0.39 is 0 Å². The third-order valence-electron chi connectivity index (χ3n) is 4.02. The Hall–Kier alpha value is -1.55. The molecule has 0 saturated carbocycles. The molecule has 1 aromatic rings. The van der Waals surface area contributed by atoms with Crippen LogP contribution in [-0.2, 0) is 4.79 Å². The lowest BCUT2D eigenvalue weighted by Crippen LogP contribution is -2.44. The summed E-state index contributed by atoms with van der Waals surface area (Å²) in [4.78, 5) is 13.2. The van der Waals surface area contributed by atoms with E-state index in [1.807, 2.05) is 17.0 Å². The molecule has 20 heavy (non-hydrogen) atoms. The fourth-order valence-corrected chi connectivity index (χ4v) is 2.72. The number of piperidine rings is 1. The monoisotopic (exact) mass is 276 g/mol. The maximum Gasteiger partial charge on any atom is 0.219 e. The summed E-state index contributed by atoms with van der Waals surface area (Å²) < 4.78 is 5.26. The van der Waals surface area contributed by atoms with Crippen LogP contribution in [0.25, 0.3) is 0 Å². The summed E-state index contributed by atoms with van der Waals surface area (Å²) in [6.07, 6.45) is 2.04. The number of carbonyl (C=O) groups is 1. The van der Waals surface area contributed by atoms with E-state index in [1.54, 1.807) is 14.0 Å². The molecule has 1 saturated heterocycles. The molecule has 1 aromatic carbocycles. The van der Waals surface area contributed by atoms with E-state index in [1.165, 1.54) is 5.56 Å². The van der Waals surface area contributed by atoms with Crippen molar-refractivity contribution >= 4 is 5.91 Å². The predicted molar refractivity (Wildman–Crippen MR) is 79.8 cm³/mol. The van der Waals surface area contributed by atoms with Crippen LogP contribution in [0.3, 0.4) is 0 Å². The molecule has 1 N–H and O–H groups in total. The van der Waals surface area contributed by atoms with Crippen LogP contribution in [0.4, 0.5) is 0 Å². The molecule has 1 fully saturated rings. The summed E-state index contributed by atoms with van der Waals surface area (Å²) in [5.74, 6) is 1.08. The van der Waals surface area contributed by atoms with Crippen LogP contribution >= 0.6 is 0 Å². The van der Waals surface area contributed by atoms with E-state index >= 15 is 0 Å². The van der Waals surface area contributed by atoms with Crippen LogP contribution in [-0.4, -0.2) is 37.0 Å². The van der Waals surface area contributed by atoms with Gasteiger partial charge in [-0.3, -0.25) is 4.79 Å². The molecule has 1 aliphatic heterocycles. The van der Waals surface area contributed by atoms with Crippen LogP contribution < -0.4 is 10.1 Å². The molecule has 0 bridgehead atoms. The minimum Gasteiger partial charge on any atom is -0.497 e. The van der Waals surface area contributed by atoms with Gasteiger partial charge in [0.05, 0.1) is 7.11 Å². The topological polar surface area (TPSA) is 41.6 Å². The van der Waals surface area contributed by atoms with E-state index in [-0.39, 0.29) is 5.91 Å². The smallest absolute Gasteiger partial charge is 0.219 e. The largest absolute Gasteiger partial charge is 0.497 e. The Kier molecular flexibility index (Phi) is 5.01. The van der Waals surface area contributed by atoms with Crippen molar-refractivity contribution in [1.82, 2.24) is 10.2 Å². The number of amides is 1. The standard InChI is InChI=1S/C16H24N2O2/c1-12(14-5-4-6-16(11-14)20-3)17-15-7-9-18(10-8-15)13(2)19/h4-6,11-12,15,17H,7-10H2,1-3H3/t12-/m0/s1. The Labute approximate surface area is 121 Å². The molecule has 1 atom stereocenters. The second-order valence-corrected chi connectivity index (χ2v) is 5.45. The zero-order valence-electron chi connectivity index (χ0n) is 12.6. The van der Waals surface area contributed by atoms with Crippen LogP contribution in [0, 0.1) is 0 Å². The van der Waals surface area contributed by atoms with E-state index in [0.717, 1.165) is 31.7 Å². The summed E-state index contributed by atoms with van der Waals surface area (Å²) in [7, 11) is 1.69. The summed E-state index contributed by atoms with van der Waals surface area (Å²) in [5.41, 5.74) is 1.23. The summed E-state index contributed by atoms with van der Waals surface area (Å²) >= 11 is 0. The van der Waals surface area contributed by atoms with Crippen molar-refractivity contribution in [2.45, 2.75) is 38.8 Å². The van der Waals surface area contributed by atoms with Gasteiger partial charge in [0.2, 0.25) is 5.91 Å². The first-order valence-electron chi connectivity index (χ1n) is 7.25. The van der Waals surface area contributed by atoms with Crippen molar-refractivity contribution in [3.05, 3.63) is 29.8 Å². The number of benzene rings is 1. The van der Waals surface area contributed by atoms with E-state index in [0.29, 0.717) is 12.1 Å². The molecule has 0 unspecified atom stereocenters. The van der Waals surface area contributed by atoms with Gasteiger partial charge in [-0.15, -0.1) is 0 Å². The lowest BCUT2D eigenvalue weighted by Gasteiger charge is -2.33. The highest BCUT2D eigenvalue weighted by Crippen LogP contribution is 2.21. The fourth-order valence-electron chi connectivity index (χ4n) is 2.72. The normalized spacial score (nSPS) is 17.9. The molecule has 4 nitrogen and oxygen atoms in total. The molecule has 4 heteroatoms. The second kappa shape index (κ2) is 6.75. The van der Waals surface area contributed by atoms with Crippen molar-refractivity contribution in [2.75, 3.05) is 20.2 Å². The van der Waals surface area contributed by atoms with Gasteiger partial charge >= 0.3 is 0 Å². The van der Waals surface area contributed by atoms with Crippen LogP contribution in [0.1, 0.15) is 38.3 Å². The Bertz CT molecular complexity index is 454. The summed E-state index contributed by atoms with van der Waals surface area (Å²) in [5, 5.41) is 3.65. The number of ether oxygens (including phenoxy) is 1. The maximum absolute atomic E-state index is 11.3. The lowest BCUT2D eigenvalue weighted by atomic mass is 10.0.